The van der Waals surface area contributed by atoms with Gasteiger partial charge in [0.15, 0.2) is 0 Å². The fourth-order valence-electron chi connectivity index (χ4n) is 2.32. The van der Waals surface area contributed by atoms with Gasteiger partial charge in [-0.15, -0.1) is 0 Å². The Kier molecular flexibility index (Phi) is 13.6. The largest absolute Gasteiger partial charge is 0.481 e. The summed E-state index contributed by atoms with van der Waals surface area (Å²) < 4.78 is 0. The minimum atomic E-state index is -1.73. The van der Waals surface area contributed by atoms with Crippen LogP contribution in [0.5, 0.6) is 0 Å². The summed E-state index contributed by atoms with van der Waals surface area (Å²) in [7, 11) is 0. The first-order chi connectivity index (χ1) is 14.9. The summed E-state index contributed by atoms with van der Waals surface area (Å²) in [6, 6.07) is -5.78. The zero-order valence-electron chi connectivity index (χ0n) is 17.4. The SMILES string of the molecule is CSCCC(N)C(=O)NC(CCC(N)=O)C(=O)NC(CC(=O)O)C(=O)NC(CO)C(=O)O. The van der Waals surface area contributed by atoms with E-state index >= 15 is 0 Å². The van der Waals surface area contributed by atoms with Crippen LogP contribution in [0.15, 0.2) is 0 Å². The van der Waals surface area contributed by atoms with Gasteiger partial charge in [0.2, 0.25) is 23.6 Å². The molecule has 0 spiro atoms. The number of aliphatic hydroxyl groups excluding tert-OH is 1. The number of amides is 4. The lowest BCUT2D eigenvalue weighted by molar-refractivity contribution is -0.144. The minimum absolute atomic E-state index is 0.252. The normalized spacial score (nSPS) is 14.3. The highest BCUT2D eigenvalue weighted by molar-refractivity contribution is 7.98. The van der Waals surface area contributed by atoms with E-state index in [1.54, 1.807) is 0 Å². The minimum Gasteiger partial charge on any atom is -0.481 e. The number of hydrogen-bond acceptors (Lipinski definition) is 9. The smallest absolute Gasteiger partial charge is 0.328 e. The molecule has 0 aromatic rings. The number of aliphatic hydroxyl groups is 1. The van der Waals surface area contributed by atoms with Crippen molar-refractivity contribution < 1.29 is 44.1 Å². The maximum Gasteiger partial charge on any atom is 0.328 e. The summed E-state index contributed by atoms with van der Waals surface area (Å²) in [5.74, 6) is -6.15. The van der Waals surface area contributed by atoms with Crippen LogP contribution in [0.2, 0.25) is 0 Å². The van der Waals surface area contributed by atoms with Gasteiger partial charge in [0.1, 0.15) is 18.1 Å². The lowest BCUT2D eigenvalue weighted by Crippen LogP contribution is -2.58. The molecule has 0 aliphatic carbocycles. The predicted molar refractivity (Wildman–Crippen MR) is 112 cm³/mol. The Morgan fingerprint density at radius 2 is 1.41 bits per heavy atom. The molecular formula is C17H29N5O9S. The predicted octanol–water partition coefficient (Wildman–Crippen LogP) is -3.66. The first-order valence-electron chi connectivity index (χ1n) is 9.42. The highest BCUT2D eigenvalue weighted by Gasteiger charge is 2.31. The van der Waals surface area contributed by atoms with E-state index in [-0.39, 0.29) is 12.8 Å². The molecule has 0 rings (SSSR count). The maximum atomic E-state index is 12.7. The van der Waals surface area contributed by atoms with Crippen molar-refractivity contribution in [3.63, 3.8) is 0 Å². The molecule has 0 bridgehead atoms. The number of nitrogens with two attached hydrogens (primary N) is 2. The third kappa shape index (κ3) is 11.5. The van der Waals surface area contributed by atoms with Crippen molar-refractivity contribution in [1.82, 2.24) is 16.0 Å². The second kappa shape index (κ2) is 15.0. The number of carbonyl (C=O) groups is 6. The summed E-state index contributed by atoms with van der Waals surface area (Å²) in [6.07, 6.45) is 0.642. The van der Waals surface area contributed by atoms with E-state index in [0.717, 1.165) is 0 Å². The van der Waals surface area contributed by atoms with Gasteiger partial charge in [-0.3, -0.25) is 24.0 Å². The van der Waals surface area contributed by atoms with E-state index in [4.69, 9.17) is 26.8 Å². The quantitative estimate of drug-likeness (QED) is 0.107. The number of primary amides is 1. The molecule has 0 radical (unpaired) electrons. The fraction of sp³-hybridized carbons (Fsp3) is 0.647. The van der Waals surface area contributed by atoms with Crippen molar-refractivity contribution in [2.24, 2.45) is 11.5 Å². The molecule has 10 N–H and O–H groups in total. The lowest BCUT2D eigenvalue weighted by Gasteiger charge is -2.24. The second-order valence-electron chi connectivity index (χ2n) is 6.70. The standard InChI is InChI=1S/C17H29N5O9S/c1-32-5-4-8(18)14(27)20-9(2-3-12(19)24)15(28)21-10(6-13(25)26)16(29)22-11(7-23)17(30)31/h8-11,23H,2-7,18H2,1H3,(H2,19,24)(H,20,27)(H,21,28)(H,22,29)(H,25,26)(H,30,31). The van der Waals surface area contributed by atoms with Crippen LogP contribution in [0.25, 0.3) is 0 Å². The molecule has 15 heteroatoms. The summed E-state index contributed by atoms with van der Waals surface area (Å²) in [5, 5.41) is 33.3. The van der Waals surface area contributed by atoms with Crippen LogP contribution >= 0.6 is 11.8 Å². The summed E-state index contributed by atoms with van der Waals surface area (Å²) in [6.45, 7) is -0.972. The zero-order valence-corrected chi connectivity index (χ0v) is 18.2. The highest BCUT2D eigenvalue weighted by atomic mass is 32.2. The molecule has 4 unspecified atom stereocenters. The van der Waals surface area contributed by atoms with E-state index in [1.165, 1.54) is 11.8 Å². The van der Waals surface area contributed by atoms with E-state index < -0.39 is 72.8 Å². The third-order valence-corrected chi connectivity index (χ3v) is 4.73. The van der Waals surface area contributed by atoms with Gasteiger partial charge < -0.3 is 42.7 Å². The Hall–Kier alpha value is -2.91. The maximum absolute atomic E-state index is 12.7. The summed E-state index contributed by atoms with van der Waals surface area (Å²) in [5.41, 5.74) is 10.8. The molecular weight excluding hydrogens is 450 g/mol. The topological polar surface area (TPSA) is 251 Å². The summed E-state index contributed by atoms with van der Waals surface area (Å²) >= 11 is 1.45. The molecule has 32 heavy (non-hydrogen) atoms. The molecule has 0 aromatic heterocycles. The molecule has 4 atom stereocenters. The van der Waals surface area contributed by atoms with Gasteiger partial charge in [-0.2, -0.15) is 11.8 Å². The molecule has 14 nitrogen and oxygen atoms in total. The zero-order chi connectivity index (χ0) is 24.8. The molecule has 0 aliphatic rings. The second-order valence-corrected chi connectivity index (χ2v) is 7.68. The molecule has 0 fully saturated rings. The van der Waals surface area contributed by atoms with Crippen LogP contribution in [-0.2, 0) is 28.8 Å². The lowest BCUT2D eigenvalue weighted by atomic mass is 10.1. The van der Waals surface area contributed by atoms with Crippen LogP contribution in [-0.4, -0.2) is 93.7 Å². The Morgan fingerprint density at radius 3 is 1.88 bits per heavy atom. The van der Waals surface area contributed by atoms with Gasteiger partial charge in [0.25, 0.3) is 0 Å². The fourth-order valence-corrected chi connectivity index (χ4v) is 2.81. The van der Waals surface area contributed by atoms with Crippen molar-refractivity contribution in [2.75, 3.05) is 18.6 Å². The van der Waals surface area contributed by atoms with E-state index in [2.05, 4.69) is 10.6 Å². The summed E-state index contributed by atoms with van der Waals surface area (Å²) in [4.78, 5) is 70.4. The van der Waals surface area contributed by atoms with Crippen LogP contribution in [0, 0.1) is 0 Å². The average molecular weight is 480 g/mol. The van der Waals surface area contributed by atoms with Crippen molar-refractivity contribution >= 4 is 47.3 Å². The van der Waals surface area contributed by atoms with E-state index in [1.807, 2.05) is 11.6 Å². The highest BCUT2D eigenvalue weighted by Crippen LogP contribution is 2.04. The number of hydrogen-bond donors (Lipinski definition) is 8. The van der Waals surface area contributed by atoms with E-state index in [9.17, 15) is 28.8 Å². The number of nitrogens with one attached hydrogen (secondary N) is 3. The number of thioether (sulfide) groups is 1. The molecule has 0 saturated heterocycles. The van der Waals surface area contributed by atoms with Gasteiger partial charge >= 0.3 is 11.9 Å². The number of carboxylic acids is 2. The first kappa shape index (κ1) is 29.1. The Labute approximate surface area is 187 Å². The van der Waals surface area contributed by atoms with Gasteiger partial charge in [0, 0.05) is 6.42 Å². The molecule has 0 aliphatic heterocycles. The van der Waals surface area contributed by atoms with Crippen LogP contribution in [0.3, 0.4) is 0 Å². The van der Waals surface area contributed by atoms with Crippen LogP contribution < -0.4 is 27.4 Å². The monoisotopic (exact) mass is 479 g/mol. The average Bonchev–Trinajstić information content (AvgIpc) is 2.71. The molecule has 4 amide bonds. The van der Waals surface area contributed by atoms with Crippen LogP contribution in [0.1, 0.15) is 25.7 Å². The van der Waals surface area contributed by atoms with Crippen molar-refractivity contribution in [3.05, 3.63) is 0 Å². The molecule has 182 valence electrons. The first-order valence-corrected chi connectivity index (χ1v) is 10.8. The van der Waals surface area contributed by atoms with E-state index in [0.29, 0.717) is 12.2 Å². The number of rotatable bonds is 16. The number of carboxylic acid groups (broad SMARTS) is 2. The van der Waals surface area contributed by atoms with Gasteiger partial charge in [-0.1, -0.05) is 0 Å². The molecule has 0 heterocycles. The Morgan fingerprint density at radius 1 is 0.875 bits per heavy atom. The van der Waals surface area contributed by atoms with Crippen molar-refractivity contribution in [2.45, 2.75) is 49.9 Å². The molecule has 0 saturated carbocycles. The third-order valence-electron chi connectivity index (χ3n) is 4.09. The molecule has 0 aromatic carbocycles. The van der Waals surface area contributed by atoms with Gasteiger partial charge in [-0.25, -0.2) is 4.79 Å². The van der Waals surface area contributed by atoms with Crippen molar-refractivity contribution in [3.8, 4) is 0 Å². The van der Waals surface area contributed by atoms with Crippen molar-refractivity contribution in [1.29, 1.82) is 0 Å². The Balaban J connectivity index is 5.45. The van der Waals surface area contributed by atoms with Gasteiger partial charge in [0.05, 0.1) is 19.1 Å². The van der Waals surface area contributed by atoms with Crippen LogP contribution in [0.4, 0.5) is 0 Å². The van der Waals surface area contributed by atoms with Gasteiger partial charge in [-0.05, 0) is 24.9 Å². The number of aliphatic carboxylic acids is 2. The Bertz CT molecular complexity index is 706. The number of carbonyl (C=O) groups excluding carboxylic acids is 4.